The number of thioether (sulfide) groups is 1. The number of hydrogen-bond acceptors (Lipinski definition) is 3. The van der Waals surface area contributed by atoms with Gasteiger partial charge in [0.15, 0.2) is 0 Å². The molecule has 0 saturated carbocycles. The van der Waals surface area contributed by atoms with E-state index in [1.165, 1.54) is 11.9 Å². The molecule has 0 bridgehead atoms. The van der Waals surface area contributed by atoms with E-state index >= 15 is 0 Å². The van der Waals surface area contributed by atoms with E-state index in [1.54, 1.807) is 11.8 Å². The molecule has 0 aliphatic carbocycles. The first kappa shape index (κ1) is 12.1. The van der Waals surface area contributed by atoms with E-state index in [9.17, 15) is 9.59 Å². The zero-order chi connectivity index (χ0) is 10.4. The Hall–Kier alpha value is -0.910. The van der Waals surface area contributed by atoms with Gasteiger partial charge in [-0.05, 0) is 18.4 Å². The third kappa shape index (κ3) is 4.02. The van der Waals surface area contributed by atoms with Gasteiger partial charge in [-0.15, -0.1) is 0 Å². The zero-order valence-electron chi connectivity index (χ0n) is 7.82. The van der Waals surface area contributed by atoms with Crippen LogP contribution in [0.1, 0.15) is 6.42 Å². The molecule has 3 amide bonds. The normalized spacial score (nSPS) is 12.2. The maximum atomic E-state index is 10.9. The molecular formula is C7H15N3O2S. The van der Waals surface area contributed by atoms with E-state index in [1.807, 2.05) is 6.26 Å². The van der Waals surface area contributed by atoms with Crippen molar-refractivity contribution >= 4 is 23.7 Å². The van der Waals surface area contributed by atoms with Crippen molar-refractivity contribution in [2.75, 3.05) is 19.1 Å². The SMILES string of the molecule is CSCC[C@@H](C(N)=O)N(C)C(N)=O. The van der Waals surface area contributed by atoms with Crippen molar-refractivity contribution in [3.05, 3.63) is 0 Å². The van der Waals surface area contributed by atoms with E-state index in [0.29, 0.717) is 6.42 Å². The molecule has 76 valence electrons. The minimum atomic E-state index is -0.634. The number of urea groups is 1. The molecule has 0 aromatic rings. The monoisotopic (exact) mass is 205 g/mol. The molecule has 0 radical (unpaired) electrons. The highest BCUT2D eigenvalue weighted by atomic mass is 32.2. The van der Waals surface area contributed by atoms with Crippen molar-refractivity contribution < 1.29 is 9.59 Å². The number of nitrogens with two attached hydrogens (primary N) is 2. The summed E-state index contributed by atoms with van der Waals surface area (Å²) in [4.78, 5) is 22.8. The van der Waals surface area contributed by atoms with Gasteiger partial charge in [0.2, 0.25) is 5.91 Å². The summed E-state index contributed by atoms with van der Waals surface area (Å²) in [5.74, 6) is 0.251. The maximum Gasteiger partial charge on any atom is 0.315 e. The first-order valence-electron chi connectivity index (χ1n) is 3.81. The first-order valence-corrected chi connectivity index (χ1v) is 5.20. The van der Waals surface area contributed by atoms with Gasteiger partial charge < -0.3 is 16.4 Å². The summed E-state index contributed by atoms with van der Waals surface area (Å²) in [6, 6.07) is -1.23. The molecule has 1 atom stereocenters. The van der Waals surface area contributed by atoms with Crippen LogP contribution in [0.5, 0.6) is 0 Å². The fraction of sp³-hybridized carbons (Fsp3) is 0.714. The molecule has 6 heteroatoms. The molecule has 0 aliphatic rings. The van der Waals surface area contributed by atoms with E-state index in [0.717, 1.165) is 5.75 Å². The van der Waals surface area contributed by atoms with E-state index in [-0.39, 0.29) is 0 Å². The molecule has 0 aromatic carbocycles. The number of carbonyl (C=O) groups excluding carboxylic acids is 2. The molecule has 0 fully saturated rings. The number of rotatable bonds is 5. The summed E-state index contributed by atoms with van der Waals surface area (Å²) >= 11 is 1.59. The number of likely N-dealkylation sites (N-methyl/N-ethyl adjacent to an activating group) is 1. The average Bonchev–Trinajstić information content (AvgIpc) is 2.04. The lowest BCUT2D eigenvalue weighted by atomic mass is 10.2. The minimum absolute atomic E-state index is 0.518. The quantitative estimate of drug-likeness (QED) is 0.640. The minimum Gasteiger partial charge on any atom is -0.368 e. The lowest BCUT2D eigenvalue weighted by molar-refractivity contribution is -0.121. The summed E-state index contributed by atoms with van der Waals surface area (Å²) in [6.45, 7) is 0. The Kier molecular flexibility index (Phi) is 5.29. The van der Waals surface area contributed by atoms with Crippen LogP contribution in [0.3, 0.4) is 0 Å². The summed E-state index contributed by atoms with van der Waals surface area (Å²) in [5, 5.41) is 0. The average molecular weight is 205 g/mol. The van der Waals surface area contributed by atoms with Crippen molar-refractivity contribution in [2.45, 2.75) is 12.5 Å². The second-order valence-corrected chi connectivity index (χ2v) is 3.63. The molecule has 0 aliphatic heterocycles. The first-order chi connectivity index (χ1) is 6.00. The fourth-order valence-electron chi connectivity index (χ4n) is 0.910. The Morgan fingerprint density at radius 2 is 2.00 bits per heavy atom. The van der Waals surface area contributed by atoms with Crippen LogP contribution in [0.15, 0.2) is 0 Å². The lowest BCUT2D eigenvalue weighted by Crippen LogP contribution is -2.48. The molecule has 0 saturated heterocycles. The van der Waals surface area contributed by atoms with E-state index in [2.05, 4.69) is 0 Å². The predicted molar refractivity (Wildman–Crippen MR) is 53.3 cm³/mol. The molecule has 13 heavy (non-hydrogen) atoms. The van der Waals surface area contributed by atoms with Gasteiger partial charge in [0, 0.05) is 7.05 Å². The van der Waals surface area contributed by atoms with Gasteiger partial charge in [0.25, 0.3) is 0 Å². The van der Waals surface area contributed by atoms with Crippen LogP contribution in [-0.4, -0.2) is 41.9 Å². The topological polar surface area (TPSA) is 89.4 Å². The number of amides is 3. The van der Waals surface area contributed by atoms with E-state index in [4.69, 9.17) is 11.5 Å². The molecular weight excluding hydrogens is 190 g/mol. The Bertz CT molecular complexity index is 198. The largest absolute Gasteiger partial charge is 0.368 e. The third-order valence-electron chi connectivity index (χ3n) is 1.74. The van der Waals surface area contributed by atoms with Crippen molar-refractivity contribution in [3.8, 4) is 0 Å². The molecule has 4 N–H and O–H groups in total. The molecule has 0 aromatic heterocycles. The van der Waals surface area contributed by atoms with Crippen LogP contribution < -0.4 is 11.5 Å². The van der Waals surface area contributed by atoms with Crippen LogP contribution in [-0.2, 0) is 4.79 Å². The Balaban J connectivity index is 4.24. The highest BCUT2D eigenvalue weighted by Gasteiger charge is 2.22. The Morgan fingerprint density at radius 1 is 1.46 bits per heavy atom. The number of primary amides is 2. The summed E-state index contributed by atoms with van der Waals surface area (Å²) in [5.41, 5.74) is 10.1. The number of carbonyl (C=O) groups is 2. The lowest BCUT2D eigenvalue weighted by Gasteiger charge is -2.23. The summed E-state index contributed by atoms with van der Waals surface area (Å²) in [6.07, 6.45) is 2.46. The smallest absolute Gasteiger partial charge is 0.315 e. The standard InChI is InChI=1S/C7H15N3O2S/c1-10(7(9)12)5(6(8)11)3-4-13-2/h5H,3-4H2,1-2H3,(H2,8,11)(H2,9,12)/t5-/m0/s1. The Labute approximate surface area is 81.8 Å². The van der Waals surface area contributed by atoms with Gasteiger partial charge in [-0.1, -0.05) is 0 Å². The fourth-order valence-corrected chi connectivity index (χ4v) is 1.37. The maximum absolute atomic E-state index is 10.9. The van der Waals surface area contributed by atoms with Gasteiger partial charge in [0.1, 0.15) is 6.04 Å². The molecule has 0 spiro atoms. The van der Waals surface area contributed by atoms with Crippen molar-refractivity contribution in [1.29, 1.82) is 0 Å². The van der Waals surface area contributed by atoms with Crippen molar-refractivity contribution in [3.63, 3.8) is 0 Å². The summed E-state index contributed by atoms with van der Waals surface area (Å²) < 4.78 is 0. The highest BCUT2D eigenvalue weighted by Crippen LogP contribution is 2.05. The zero-order valence-corrected chi connectivity index (χ0v) is 8.63. The number of hydrogen-bond donors (Lipinski definition) is 2. The molecule has 5 nitrogen and oxygen atoms in total. The second kappa shape index (κ2) is 5.69. The Morgan fingerprint density at radius 3 is 2.31 bits per heavy atom. The van der Waals surface area contributed by atoms with Crippen LogP contribution in [0, 0.1) is 0 Å². The number of nitrogens with zero attached hydrogens (tertiary/aromatic N) is 1. The third-order valence-corrected chi connectivity index (χ3v) is 2.38. The molecule has 0 rings (SSSR count). The van der Waals surface area contributed by atoms with Crippen LogP contribution in [0.4, 0.5) is 4.79 Å². The summed E-state index contributed by atoms with van der Waals surface area (Å²) in [7, 11) is 1.47. The predicted octanol–water partition coefficient (Wildman–Crippen LogP) is -0.396. The van der Waals surface area contributed by atoms with Crippen LogP contribution >= 0.6 is 11.8 Å². The van der Waals surface area contributed by atoms with Gasteiger partial charge in [-0.3, -0.25) is 4.79 Å². The second-order valence-electron chi connectivity index (χ2n) is 2.65. The van der Waals surface area contributed by atoms with Gasteiger partial charge >= 0.3 is 6.03 Å². The van der Waals surface area contributed by atoms with Crippen molar-refractivity contribution in [2.24, 2.45) is 11.5 Å². The molecule has 0 unspecified atom stereocenters. The van der Waals surface area contributed by atoms with Gasteiger partial charge in [0.05, 0.1) is 0 Å². The van der Waals surface area contributed by atoms with Crippen molar-refractivity contribution in [1.82, 2.24) is 4.90 Å². The van der Waals surface area contributed by atoms with Crippen LogP contribution in [0.25, 0.3) is 0 Å². The highest BCUT2D eigenvalue weighted by molar-refractivity contribution is 7.98. The molecule has 0 heterocycles. The van der Waals surface area contributed by atoms with Gasteiger partial charge in [-0.2, -0.15) is 11.8 Å². The van der Waals surface area contributed by atoms with E-state index < -0.39 is 18.0 Å². The van der Waals surface area contributed by atoms with Gasteiger partial charge in [-0.25, -0.2) is 4.79 Å². The van der Waals surface area contributed by atoms with Crippen LogP contribution in [0.2, 0.25) is 0 Å².